The van der Waals surface area contributed by atoms with Gasteiger partial charge in [-0.3, -0.25) is 4.79 Å². The van der Waals surface area contributed by atoms with Crippen molar-refractivity contribution in [1.29, 1.82) is 0 Å². The lowest BCUT2D eigenvalue weighted by molar-refractivity contribution is -0.129. The van der Waals surface area contributed by atoms with Crippen molar-refractivity contribution in [3.05, 3.63) is 12.7 Å². The van der Waals surface area contributed by atoms with E-state index in [2.05, 4.69) is 13.5 Å². The third-order valence-corrected chi connectivity index (χ3v) is 3.72. The van der Waals surface area contributed by atoms with Crippen LogP contribution in [-0.2, 0) is 4.79 Å². The number of carbonyl (C=O) groups is 1. The molecular weight excluding hydrogens is 148 g/mol. The lowest BCUT2D eigenvalue weighted by atomic mass is 9.72. The summed E-state index contributed by atoms with van der Waals surface area (Å²) in [5, 5.41) is 0. The number of fused-ring (bicyclic) bond motifs is 2. The Morgan fingerprint density at radius 1 is 1.50 bits per heavy atom. The topological polar surface area (TPSA) is 17.1 Å². The highest BCUT2D eigenvalue weighted by molar-refractivity contribution is 5.85. The third-order valence-electron chi connectivity index (χ3n) is 3.72. The fraction of sp³-hybridized carbons (Fsp3) is 0.727. The van der Waals surface area contributed by atoms with Crippen LogP contribution >= 0.6 is 0 Å². The van der Waals surface area contributed by atoms with Crippen LogP contribution in [-0.4, -0.2) is 5.78 Å². The van der Waals surface area contributed by atoms with Crippen LogP contribution in [0.2, 0.25) is 0 Å². The van der Waals surface area contributed by atoms with E-state index in [4.69, 9.17) is 0 Å². The smallest absolute Gasteiger partial charge is 0.139 e. The number of ketones is 1. The minimum atomic E-state index is 0.244. The van der Waals surface area contributed by atoms with E-state index >= 15 is 0 Å². The molecule has 2 fully saturated rings. The number of hydrogen-bond donors (Lipinski definition) is 0. The highest BCUT2D eigenvalue weighted by atomic mass is 16.1. The van der Waals surface area contributed by atoms with Gasteiger partial charge in [-0.2, -0.15) is 0 Å². The van der Waals surface area contributed by atoms with Crippen LogP contribution in [0, 0.1) is 23.7 Å². The lowest BCUT2D eigenvalue weighted by Gasteiger charge is -2.31. The Bertz CT molecular complexity index is 219. The highest BCUT2D eigenvalue weighted by Crippen LogP contribution is 2.46. The first-order valence-electron chi connectivity index (χ1n) is 4.90. The molecule has 2 aliphatic carbocycles. The van der Waals surface area contributed by atoms with Gasteiger partial charge in [0.1, 0.15) is 5.78 Å². The van der Waals surface area contributed by atoms with Crippen LogP contribution in [0.4, 0.5) is 0 Å². The van der Waals surface area contributed by atoms with Gasteiger partial charge in [0.25, 0.3) is 0 Å². The molecule has 0 aromatic heterocycles. The van der Waals surface area contributed by atoms with Gasteiger partial charge in [0.2, 0.25) is 0 Å². The summed E-state index contributed by atoms with van der Waals surface area (Å²) < 4.78 is 0. The van der Waals surface area contributed by atoms with E-state index in [0.717, 1.165) is 18.8 Å². The quantitative estimate of drug-likeness (QED) is 0.544. The standard InChI is InChI=1S/C11H16O/c1-3-10-7(2)11(12)9-5-4-8(10)6-9/h3,7-10H,1,4-6H2,2H3/t7-,8?,9?,10+/m1/s1. The van der Waals surface area contributed by atoms with Crippen molar-refractivity contribution in [3.8, 4) is 0 Å². The molecule has 0 heterocycles. The number of Topliss-reactive ketones (excluding diaryl/α,β-unsaturated/α-hetero) is 1. The number of rotatable bonds is 1. The van der Waals surface area contributed by atoms with Crippen molar-refractivity contribution in [2.24, 2.45) is 23.7 Å². The third kappa shape index (κ3) is 0.954. The van der Waals surface area contributed by atoms with E-state index in [9.17, 15) is 4.79 Å². The number of carbonyl (C=O) groups excluding carboxylic acids is 1. The first kappa shape index (κ1) is 8.03. The fourth-order valence-electron chi connectivity index (χ4n) is 2.99. The Kier molecular flexibility index (Phi) is 1.82. The second-order valence-corrected chi connectivity index (χ2v) is 4.27. The molecule has 0 aliphatic heterocycles. The Balaban J connectivity index is 2.25. The maximum Gasteiger partial charge on any atom is 0.139 e. The van der Waals surface area contributed by atoms with Gasteiger partial charge in [0.15, 0.2) is 0 Å². The summed E-state index contributed by atoms with van der Waals surface area (Å²) in [5.41, 5.74) is 0. The SMILES string of the molecule is C=C[C@@H]1C2CCC(C2)C(=O)[C@@H]1C. The lowest BCUT2D eigenvalue weighted by Crippen LogP contribution is -2.33. The normalized spacial score (nSPS) is 46.2. The van der Waals surface area contributed by atoms with Crippen molar-refractivity contribution in [1.82, 2.24) is 0 Å². The molecule has 2 rings (SSSR count). The molecule has 1 heteroatoms. The van der Waals surface area contributed by atoms with E-state index in [0.29, 0.717) is 17.6 Å². The number of hydrogen-bond acceptors (Lipinski definition) is 1. The summed E-state index contributed by atoms with van der Waals surface area (Å²) in [6.07, 6.45) is 5.52. The zero-order valence-electron chi connectivity index (χ0n) is 7.62. The molecule has 2 aliphatic rings. The van der Waals surface area contributed by atoms with Gasteiger partial charge in [0.05, 0.1) is 0 Å². The fourth-order valence-corrected chi connectivity index (χ4v) is 2.99. The molecule has 2 bridgehead atoms. The van der Waals surface area contributed by atoms with Crippen LogP contribution in [0.3, 0.4) is 0 Å². The Morgan fingerprint density at radius 3 is 2.92 bits per heavy atom. The Hall–Kier alpha value is -0.590. The largest absolute Gasteiger partial charge is 0.299 e. The monoisotopic (exact) mass is 164 g/mol. The van der Waals surface area contributed by atoms with Gasteiger partial charge in [-0.15, -0.1) is 6.58 Å². The minimum absolute atomic E-state index is 0.244. The molecule has 0 saturated heterocycles. The van der Waals surface area contributed by atoms with Crippen molar-refractivity contribution >= 4 is 5.78 Å². The summed E-state index contributed by atoms with van der Waals surface area (Å²) >= 11 is 0. The average molecular weight is 164 g/mol. The minimum Gasteiger partial charge on any atom is -0.299 e. The van der Waals surface area contributed by atoms with Crippen LogP contribution in [0.5, 0.6) is 0 Å². The zero-order valence-corrected chi connectivity index (χ0v) is 7.62. The van der Waals surface area contributed by atoms with Gasteiger partial charge in [-0.1, -0.05) is 13.0 Å². The van der Waals surface area contributed by atoms with Gasteiger partial charge in [-0.25, -0.2) is 0 Å². The molecule has 12 heavy (non-hydrogen) atoms. The molecule has 2 saturated carbocycles. The van der Waals surface area contributed by atoms with E-state index in [1.165, 1.54) is 6.42 Å². The van der Waals surface area contributed by atoms with E-state index < -0.39 is 0 Å². The predicted octanol–water partition coefficient (Wildman–Crippen LogP) is 2.42. The molecule has 0 aromatic carbocycles. The molecule has 0 radical (unpaired) electrons. The van der Waals surface area contributed by atoms with Crippen molar-refractivity contribution in [3.63, 3.8) is 0 Å². The summed E-state index contributed by atoms with van der Waals surface area (Å²) in [6.45, 7) is 5.90. The average Bonchev–Trinajstić information content (AvgIpc) is 2.49. The van der Waals surface area contributed by atoms with Gasteiger partial charge in [0, 0.05) is 11.8 Å². The second kappa shape index (κ2) is 2.72. The molecular formula is C11H16O. The van der Waals surface area contributed by atoms with Crippen molar-refractivity contribution in [2.45, 2.75) is 26.2 Å². The van der Waals surface area contributed by atoms with Crippen LogP contribution in [0.25, 0.3) is 0 Å². The molecule has 0 amide bonds. The van der Waals surface area contributed by atoms with Crippen LogP contribution in [0.1, 0.15) is 26.2 Å². The predicted molar refractivity (Wildman–Crippen MR) is 48.7 cm³/mol. The molecule has 4 atom stereocenters. The van der Waals surface area contributed by atoms with Crippen molar-refractivity contribution in [2.75, 3.05) is 0 Å². The van der Waals surface area contributed by atoms with Gasteiger partial charge < -0.3 is 0 Å². The summed E-state index contributed by atoms with van der Waals surface area (Å²) in [5.74, 6) is 2.38. The summed E-state index contributed by atoms with van der Waals surface area (Å²) in [7, 11) is 0. The summed E-state index contributed by atoms with van der Waals surface area (Å²) in [6, 6.07) is 0. The van der Waals surface area contributed by atoms with Crippen molar-refractivity contribution < 1.29 is 4.79 Å². The Morgan fingerprint density at radius 2 is 2.25 bits per heavy atom. The van der Waals surface area contributed by atoms with Crippen LogP contribution < -0.4 is 0 Å². The highest BCUT2D eigenvalue weighted by Gasteiger charge is 2.43. The molecule has 0 N–H and O–H groups in total. The molecule has 1 nitrogen and oxygen atoms in total. The maximum absolute atomic E-state index is 11.7. The van der Waals surface area contributed by atoms with E-state index in [1.54, 1.807) is 0 Å². The molecule has 2 unspecified atom stereocenters. The maximum atomic E-state index is 11.7. The zero-order chi connectivity index (χ0) is 8.72. The van der Waals surface area contributed by atoms with Gasteiger partial charge >= 0.3 is 0 Å². The second-order valence-electron chi connectivity index (χ2n) is 4.27. The van der Waals surface area contributed by atoms with E-state index in [-0.39, 0.29) is 5.92 Å². The molecule has 0 aromatic rings. The van der Waals surface area contributed by atoms with Gasteiger partial charge in [-0.05, 0) is 31.1 Å². The first-order valence-corrected chi connectivity index (χ1v) is 4.90. The number of allylic oxidation sites excluding steroid dienone is 1. The van der Waals surface area contributed by atoms with E-state index in [1.807, 2.05) is 6.08 Å². The molecule has 0 spiro atoms. The first-order chi connectivity index (χ1) is 5.74. The summed E-state index contributed by atoms with van der Waals surface area (Å²) in [4.78, 5) is 11.7. The Labute approximate surface area is 73.8 Å². The molecule has 66 valence electrons. The van der Waals surface area contributed by atoms with Crippen LogP contribution in [0.15, 0.2) is 12.7 Å².